The van der Waals surface area contributed by atoms with Crippen molar-refractivity contribution in [3.63, 3.8) is 0 Å². The van der Waals surface area contributed by atoms with Crippen molar-refractivity contribution in [2.45, 2.75) is 26.9 Å². The maximum Gasteiger partial charge on any atom is 0.256 e. The smallest absolute Gasteiger partial charge is 0.256 e. The SMILES string of the molecule is Cc1cc(NC(=O)c2ccc(OC(C)C)cc2)n(-c2nc3cc4c(cc3s2)OCO4)n1. The summed E-state index contributed by atoms with van der Waals surface area (Å²) in [6, 6.07) is 12.6. The highest BCUT2D eigenvalue weighted by atomic mass is 32.1. The van der Waals surface area contributed by atoms with Gasteiger partial charge in [-0.3, -0.25) is 4.79 Å². The van der Waals surface area contributed by atoms with Gasteiger partial charge in [-0.25, -0.2) is 4.98 Å². The lowest BCUT2D eigenvalue weighted by molar-refractivity contribution is 0.102. The maximum absolute atomic E-state index is 12.8. The number of hydrogen-bond acceptors (Lipinski definition) is 7. The molecule has 0 unspecified atom stereocenters. The molecular weight excluding hydrogens is 416 g/mol. The largest absolute Gasteiger partial charge is 0.491 e. The monoisotopic (exact) mass is 436 g/mol. The second kappa shape index (κ2) is 7.59. The zero-order valence-electron chi connectivity index (χ0n) is 17.2. The van der Waals surface area contributed by atoms with Crippen LogP contribution in [0.2, 0.25) is 0 Å². The Bertz CT molecular complexity index is 1240. The summed E-state index contributed by atoms with van der Waals surface area (Å²) in [5.41, 5.74) is 2.08. The number of hydrogen-bond donors (Lipinski definition) is 1. The maximum atomic E-state index is 12.8. The third-order valence-electron chi connectivity index (χ3n) is 4.61. The minimum Gasteiger partial charge on any atom is -0.491 e. The molecule has 1 amide bonds. The molecule has 1 aliphatic rings. The zero-order chi connectivity index (χ0) is 21.5. The van der Waals surface area contributed by atoms with Gasteiger partial charge in [-0.05, 0) is 45.0 Å². The average molecular weight is 436 g/mol. The first-order valence-corrected chi connectivity index (χ1v) is 10.6. The molecule has 1 aliphatic heterocycles. The molecule has 8 nitrogen and oxygen atoms in total. The summed E-state index contributed by atoms with van der Waals surface area (Å²) in [5, 5.41) is 8.09. The molecule has 0 atom stereocenters. The Hall–Kier alpha value is -3.59. The van der Waals surface area contributed by atoms with Crippen LogP contribution in [0.3, 0.4) is 0 Å². The Balaban J connectivity index is 1.42. The lowest BCUT2D eigenvalue weighted by Crippen LogP contribution is -2.15. The van der Waals surface area contributed by atoms with Crippen LogP contribution < -0.4 is 19.5 Å². The number of ether oxygens (including phenoxy) is 3. The number of aryl methyl sites for hydroxylation is 1. The third kappa shape index (κ3) is 3.79. The molecule has 0 radical (unpaired) electrons. The standard InChI is InChI=1S/C22H20N4O4S/c1-12(2)30-15-6-4-14(5-7-15)21(27)24-20-8-13(3)25-26(20)22-23-16-9-17-18(29-11-28-17)10-19(16)31-22/h4-10,12H,11H2,1-3H3,(H,24,27). The second-order valence-corrected chi connectivity index (χ2v) is 8.41. The number of amides is 1. The number of nitrogens with one attached hydrogen (secondary N) is 1. The number of anilines is 1. The number of fused-ring (bicyclic) bond motifs is 2. The summed E-state index contributed by atoms with van der Waals surface area (Å²) in [4.78, 5) is 17.5. The highest BCUT2D eigenvalue weighted by Gasteiger charge is 2.19. The Kier molecular flexibility index (Phi) is 4.74. The van der Waals surface area contributed by atoms with Gasteiger partial charge in [0.25, 0.3) is 5.91 Å². The van der Waals surface area contributed by atoms with Crippen molar-refractivity contribution in [2.75, 3.05) is 12.1 Å². The van der Waals surface area contributed by atoms with Gasteiger partial charge in [0, 0.05) is 23.8 Å². The predicted octanol–water partition coefficient (Wildman–Crippen LogP) is 4.56. The molecule has 5 rings (SSSR count). The van der Waals surface area contributed by atoms with E-state index in [0.717, 1.165) is 21.7 Å². The fourth-order valence-electron chi connectivity index (χ4n) is 3.28. The molecule has 158 valence electrons. The number of nitrogens with zero attached hydrogens (tertiary/aromatic N) is 3. The van der Waals surface area contributed by atoms with Crippen molar-refractivity contribution < 1.29 is 19.0 Å². The van der Waals surface area contributed by atoms with E-state index in [1.165, 1.54) is 11.3 Å². The average Bonchev–Trinajstić information content (AvgIpc) is 3.43. The van der Waals surface area contributed by atoms with Crippen LogP contribution >= 0.6 is 11.3 Å². The van der Waals surface area contributed by atoms with Crippen LogP contribution in [-0.2, 0) is 0 Å². The van der Waals surface area contributed by atoms with Crippen LogP contribution in [0, 0.1) is 6.92 Å². The van der Waals surface area contributed by atoms with E-state index in [-0.39, 0.29) is 18.8 Å². The molecule has 0 saturated carbocycles. The topological polar surface area (TPSA) is 87.5 Å². The summed E-state index contributed by atoms with van der Waals surface area (Å²) >= 11 is 1.46. The van der Waals surface area contributed by atoms with E-state index in [1.807, 2.05) is 39.0 Å². The van der Waals surface area contributed by atoms with Gasteiger partial charge in [0.15, 0.2) is 11.5 Å². The van der Waals surface area contributed by atoms with Crippen molar-refractivity contribution in [2.24, 2.45) is 0 Å². The van der Waals surface area contributed by atoms with Crippen molar-refractivity contribution in [1.29, 1.82) is 0 Å². The van der Waals surface area contributed by atoms with Crippen molar-refractivity contribution in [3.8, 4) is 22.4 Å². The normalized spacial score (nSPS) is 12.5. The number of thiazole rings is 1. The summed E-state index contributed by atoms with van der Waals surface area (Å²) < 4.78 is 19.1. The summed E-state index contributed by atoms with van der Waals surface area (Å²) in [6.07, 6.45) is 0.0742. The number of benzene rings is 2. The molecular formula is C22H20N4O4S. The third-order valence-corrected chi connectivity index (χ3v) is 5.61. The summed E-state index contributed by atoms with van der Waals surface area (Å²) in [6.45, 7) is 6.01. The minimum absolute atomic E-state index is 0.0742. The van der Waals surface area contributed by atoms with Gasteiger partial charge in [-0.2, -0.15) is 9.78 Å². The molecule has 0 fully saturated rings. The van der Waals surface area contributed by atoms with Gasteiger partial charge in [0.05, 0.1) is 22.0 Å². The van der Waals surface area contributed by atoms with Crippen molar-refractivity contribution in [3.05, 3.63) is 53.7 Å². The summed E-state index contributed by atoms with van der Waals surface area (Å²) in [5.74, 6) is 2.42. The minimum atomic E-state index is -0.237. The van der Waals surface area contributed by atoms with E-state index in [0.29, 0.717) is 28.0 Å². The number of rotatable bonds is 5. The molecule has 2 aromatic heterocycles. The molecule has 9 heteroatoms. The van der Waals surface area contributed by atoms with Crippen LogP contribution in [0.5, 0.6) is 17.2 Å². The molecule has 4 aromatic rings. The lowest BCUT2D eigenvalue weighted by Gasteiger charge is -2.10. The molecule has 0 aliphatic carbocycles. The molecule has 0 spiro atoms. The first-order valence-electron chi connectivity index (χ1n) is 9.81. The molecule has 3 heterocycles. The second-order valence-electron chi connectivity index (χ2n) is 7.40. The highest BCUT2D eigenvalue weighted by molar-refractivity contribution is 7.20. The molecule has 0 saturated heterocycles. The Morgan fingerprint density at radius 2 is 1.90 bits per heavy atom. The Labute approximate surface area is 182 Å². The highest BCUT2D eigenvalue weighted by Crippen LogP contribution is 2.39. The van der Waals surface area contributed by atoms with E-state index in [9.17, 15) is 4.79 Å². The van der Waals surface area contributed by atoms with E-state index >= 15 is 0 Å². The van der Waals surface area contributed by atoms with Crippen molar-refractivity contribution >= 4 is 33.3 Å². The predicted molar refractivity (Wildman–Crippen MR) is 118 cm³/mol. The number of aromatic nitrogens is 3. The lowest BCUT2D eigenvalue weighted by atomic mass is 10.2. The quantitative estimate of drug-likeness (QED) is 0.494. The van der Waals surface area contributed by atoms with Crippen molar-refractivity contribution in [1.82, 2.24) is 14.8 Å². The van der Waals surface area contributed by atoms with Gasteiger partial charge in [0.1, 0.15) is 11.6 Å². The fraction of sp³-hybridized carbons (Fsp3) is 0.227. The van der Waals surface area contributed by atoms with E-state index < -0.39 is 0 Å². The first-order chi connectivity index (χ1) is 15.0. The van der Waals surface area contributed by atoms with Gasteiger partial charge in [-0.15, -0.1) is 0 Å². The molecule has 1 N–H and O–H groups in total. The fourth-order valence-corrected chi connectivity index (χ4v) is 4.22. The van der Waals surface area contributed by atoms with Gasteiger partial charge in [0.2, 0.25) is 11.9 Å². The number of carbonyl (C=O) groups is 1. The van der Waals surface area contributed by atoms with Gasteiger partial charge in [-0.1, -0.05) is 11.3 Å². The van der Waals surface area contributed by atoms with Crippen LogP contribution in [-0.4, -0.2) is 33.6 Å². The van der Waals surface area contributed by atoms with Crippen LogP contribution in [0.25, 0.3) is 15.3 Å². The molecule has 2 aromatic carbocycles. The number of carbonyl (C=O) groups excluding carboxylic acids is 1. The van der Waals surface area contributed by atoms with E-state index in [2.05, 4.69) is 15.4 Å². The van der Waals surface area contributed by atoms with Crippen LogP contribution in [0.15, 0.2) is 42.5 Å². The van der Waals surface area contributed by atoms with Gasteiger partial charge < -0.3 is 19.5 Å². The zero-order valence-corrected chi connectivity index (χ0v) is 18.0. The van der Waals surface area contributed by atoms with Gasteiger partial charge >= 0.3 is 0 Å². The summed E-state index contributed by atoms with van der Waals surface area (Å²) in [7, 11) is 0. The Morgan fingerprint density at radius 3 is 2.65 bits per heavy atom. The first kappa shape index (κ1) is 19.4. The van der Waals surface area contributed by atoms with E-state index in [4.69, 9.17) is 14.2 Å². The molecule has 0 bridgehead atoms. The van der Waals surface area contributed by atoms with Crippen LogP contribution in [0.4, 0.5) is 5.82 Å². The molecule has 31 heavy (non-hydrogen) atoms. The Morgan fingerprint density at radius 1 is 1.16 bits per heavy atom. The van der Waals surface area contributed by atoms with E-state index in [1.54, 1.807) is 28.9 Å². The van der Waals surface area contributed by atoms with Crippen LogP contribution in [0.1, 0.15) is 29.9 Å².